The Bertz CT molecular complexity index is 555. The lowest BCUT2D eigenvalue weighted by atomic mass is 10.2. The standard InChI is InChI=1S/C13H9ClF2IN/c14-9-3-8(4-11(16)5-9)7-18-13-2-1-10(15)6-12(13)17/h1-6,18H,7H2. The summed E-state index contributed by atoms with van der Waals surface area (Å²) in [6, 6.07) is 8.82. The Kier molecular flexibility index (Phi) is 4.40. The lowest BCUT2D eigenvalue weighted by Gasteiger charge is -2.09. The number of hydrogen-bond acceptors (Lipinski definition) is 1. The minimum Gasteiger partial charge on any atom is -0.380 e. The molecule has 0 aliphatic heterocycles. The van der Waals surface area contributed by atoms with E-state index in [1.54, 1.807) is 12.1 Å². The van der Waals surface area contributed by atoms with Crippen molar-refractivity contribution in [3.63, 3.8) is 0 Å². The molecule has 0 aliphatic carbocycles. The molecule has 94 valence electrons. The van der Waals surface area contributed by atoms with Crippen molar-refractivity contribution in [3.05, 3.63) is 62.2 Å². The molecule has 0 heterocycles. The molecule has 1 N–H and O–H groups in total. The third-order valence-corrected chi connectivity index (χ3v) is 3.45. The lowest BCUT2D eigenvalue weighted by Crippen LogP contribution is -2.01. The van der Waals surface area contributed by atoms with Gasteiger partial charge in [-0.25, -0.2) is 8.78 Å². The molecule has 0 spiro atoms. The first-order chi connectivity index (χ1) is 8.54. The summed E-state index contributed by atoms with van der Waals surface area (Å²) in [7, 11) is 0. The van der Waals surface area contributed by atoms with Gasteiger partial charge in [0.1, 0.15) is 11.6 Å². The molecule has 0 amide bonds. The van der Waals surface area contributed by atoms with Crippen LogP contribution < -0.4 is 5.32 Å². The van der Waals surface area contributed by atoms with Crippen LogP contribution in [-0.2, 0) is 6.54 Å². The summed E-state index contributed by atoms with van der Waals surface area (Å²) >= 11 is 7.80. The molecule has 0 bridgehead atoms. The number of halogens is 4. The van der Waals surface area contributed by atoms with Crippen LogP contribution in [0.5, 0.6) is 0 Å². The average Bonchev–Trinajstić information content (AvgIpc) is 2.26. The highest BCUT2D eigenvalue weighted by Gasteiger charge is 2.03. The predicted molar refractivity (Wildman–Crippen MR) is 77.9 cm³/mol. The van der Waals surface area contributed by atoms with Gasteiger partial charge < -0.3 is 5.32 Å². The fourth-order valence-electron chi connectivity index (χ4n) is 1.54. The third kappa shape index (κ3) is 3.55. The van der Waals surface area contributed by atoms with Crippen molar-refractivity contribution >= 4 is 39.9 Å². The fourth-order valence-corrected chi connectivity index (χ4v) is 2.46. The molecule has 0 aliphatic rings. The van der Waals surface area contributed by atoms with E-state index in [1.807, 2.05) is 22.6 Å². The third-order valence-electron chi connectivity index (χ3n) is 2.34. The number of anilines is 1. The zero-order valence-corrected chi connectivity index (χ0v) is 12.1. The van der Waals surface area contributed by atoms with E-state index >= 15 is 0 Å². The molecule has 0 radical (unpaired) electrons. The van der Waals surface area contributed by atoms with Crippen molar-refractivity contribution in [2.24, 2.45) is 0 Å². The smallest absolute Gasteiger partial charge is 0.125 e. The van der Waals surface area contributed by atoms with E-state index in [4.69, 9.17) is 11.6 Å². The zero-order valence-electron chi connectivity index (χ0n) is 9.18. The molecule has 2 aromatic rings. The molecule has 0 saturated heterocycles. The minimum absolute atomic E-state index is 0.279. The summed E-state index contributed by atoms with van der Waals surface area (Å²) in [5.74, 6) is -0.646. The van der Waals surface area contributed by atoms with Crippen molar-refractivity contribution in [3.8, 4) is 0 Å². The van der Waals surface area contributed by atoms with Gasteiger partial charge >= 0.3 is 0 Å². The Morgan fingerprint density at radius 3 is 2.50 bits per heavy atom. The van der Waals surface area contributed by atoms with Gasteiger partial charge in [0.2, 0.25) is 0 Å². The summed E-state index contributed by atoms with van der Waals surface area (Å²) in [5.41, 5.74) is 1.54. The molecule has 0 saturated carbocycles. The predicted octanol–water partition coefficient (Wildman–Crippen LogP) is 4.83. The summed E-state index contributed by atoms with van der Waals surface area (Å²) < 4.78 is 26.8. The van der Waals surface area contributed by atoms with Crippen LogP contribution in [0, 0.1) is 15.2 Å². The second kappa shape index (κ2) is 5.84. The van der Waals surface area contributed by atoms with Gasteiger partial charge in [-0.2, -0.15) is 0 Å². The van der Waals surface area contributed by atoms with E-state index in [0.717, 1.165) is 14.8 Å². The van der Waals surface area contributed by atoms with Crippen molar-refractivity contribution in [1.82, 2.24) is 0 Å². The van der Waals surface area contributed by atoms with Crippen LogP contribution in [0.15, 0.2) is 36.4 Å². The highest BCUT2D eigenvalue weighted by atomic mass is 127. The van der Waals surface area contributed by atoms with E-state index in [-0.39, 0.29) is 11.6 Å². The molecule has 1 nitrogen and oxygen atoms in total. The molecular formula is C13H9ClF2IN. The van der Waals surface area contributed by atoms with Crippen LogP contribution in [0.4, 0.5) is 14.5 Å². The number of hydrogen-bond donors (Lipinski definition) is 1. The van der Waals surface area contributed by atoms with Crippen molar-refractivity contribution in [2.45, 2.75) is 6.54 Å². The Morgan fingerprint density at radius 1 is 1.06 bits per heavy atom. The van der Waals surface area contributed by atoms with Crippen LogP contribution in [-0.4, -0.2) is 0 Å². The van der Waals surface area contributed by atoms with Crippen LogP contribution >= 0.6 is 34.2 Å². The normalized spacial score (nSPS) is 10.4. The Labute approximate surface area is 122 Å². The van der Waals surface area contributed by atoms with Gasteiger partial charge in [-0.1, -0.05) is 11.6 Å². The molecule has 2 aromatic carbocycles. The number of nitrogens with one attached hydrogen (secondary N) is 1. The minimum atomic E-state index is -0.367. The molecule has 0 unspecified atom stereocenters. The first-order valence-corrected chi connectivity index (χ1v) is 6.64. The topological polar surface area (TPSA) is 12.0 Å². The van der Waals surface area contributed by atoms with Gasteiger partial charge in [-0.05, 0) is 64.6 Å². The maximum absolute atomic E-state index is 13.1. The average molecular weight is 380 g/mol. The highest BCUT2D eigenvalue weighted by molar-refractivity contribution is 14.1. The van der Waals surface area contributed by atoms with Gasteiger partial charge in [0.15, 0.2) is 0 Å². The SMILES string of the molecule is Fc1cc(Cl)cc(CNc2ccc(F)cc2I)c1. The summed E-state index contributed by atoms with van der Waals surface area (Å²) in [6.07, 6.45) is 0. The van der Waals surface area contributed by atoms with E-state index in [9.17, 15) is 8.78 Å². The van der Waals surface area contributed by atoms with Crippen LogP contribution in [0.2, 0.25) is 5.02 Å². The van der Waals surface area contributed by atoms with Gasteiger partial charge in [-0.3, -0.25) is 0 Å². The summed E-state index contributed by atoms with van der Waals surface area (Å²) in [5, 5.41) is 3.47. The zero-order chi connectivity index (χ0) is 13.1. The van der Waals surface area contributed by atoms with E-state index in [0.29, 0.717) is 11.6 Å². The Balaban J connectivity index is 2.11. The molecule has 18 heavy (non-hydrogen) atoms. The molecule has 2 rings (SSSR count). The van der Waals surface area contributed by atoms with Crippen molar-refractivity contribution < 1.29 is 8.78 Å². The van der Waals surface area contributed by atoms with E-state index in [1.165, 1.54) is 24.3 Å². The molecule has 0 atom stereocenters. The van der Waals surface area contributed by atoms with Crippen LogP contribution in [0.1, 0.15) is 5.56 Å². The van der Waals surface area contributed by atoms with E-state index in [2.05, 4.69) is 5.32 Å². The molecule has 0 aromatic heterocycles. The van der Waals surface area contributed by atoms with Crippen molar-refractivity contribution in [2.75, 3.05) is 5.32 Å². The highest BCUT2D eigenvalue weighted by Crippen LogP contribution is 2.21. The first-order valence-electron chi connectivity index (χ1n) is 5.18. The van der Waals surface area contributed by atoms with Crippen molar-refractivity contribution in [1.29, 1.82) is 0 Å². The Hall–Kier alpha value is -0.880. The fraction of sp³-hybridized carbons (Fsp3) is 0.0769. The maximum Gasteiger partial charge on any atom is 0.125 e. The number of benzene rings is 2. The maximum atomic E-state index is 13.1. The quantitative estimate of drug-likeness (QED) is 0.753. The Morgan fingerprint density at radius 2 is 1.83 bits per heavy atom. The van der Waals surface area contributed by atoms with Crippen LogP contribution in [0.3, 0.4) is 0 Å². The van der Waals surface area contributed by atoms with Gasteiger partial charge in [-0.15, -0.1) is 0 Å². The van der Waals surface area contributed by atoms with Crippen LogP contribution in [0.25, 0.3) is 0 Å². The van der Waals surface area contributed by atoms with E-state index < -0.39 is 0 Å². The monoisotopic (exact) mass is 379 g/mol. The van der Waals surface area contributed by atoms with Gasteiger partial charge in [0.25, 0.3) is 0 Å². The first kappa shape index (κ1) is 13.5. The lowest BCUT2D eigenvalue weighted by molar-refractivity contribution is 0.626. The second-order valence-corrected chi connectivity index (χ2v) is 5.35. The van der Waals surface area contributed by atoms with Gasteiger partial charge in [0, 0.05) is 20.8 Å². The second-order valence-electron chi connectivity index (χ2n) is 3.76. The molecule has 5 heteroatoms. The number of rotatable bonds is 3. The van der Waals surface area contributed by atoms with Gasteiger partial charge in [0.05, 0.1) is 0 Å². The summed E-state index contributed by atoms with van der Waals surface area (Å²) in [4.78, 5) is 0. The summed E-state index contributed by atoms with van der Waals surface area (Å²) in [6.45, 7) is 0.430. The molecule has 0 fully saturated rings. The largest absolute Gasteiger partial charge is 0.380 e. The molecular weight excluding hydrogens is 371 g/mol.